The minimum atomic E-state index is -0.418. The van der Waals surface area contributed by atoms with E-state index in [-0.39, 0.29) is 11.9 Å². The second kappa shape index (κ2) is 10.8. The molecule has 5 heteroatoms. The summed E-state index contributed by atoms with van der Waals surface area (Å²) in [4.78, 5) is 25.8. The van der Waals surface area contributed by atoms with Crippen LogP contribution in [0.2, 0.25) is 0 Å². The number of esters is 1. The number of unbranched alkanes of at least 4 members (excludes halogenated alkanes) is 5. The Labute approximate surface area is 179 Å². The van der Waals surface area contributed by atoms with Gasteiger partial charge in [0.05, 0.1) is 12.2 Å². The van der Waals surface area contributed by atoms with E-state index in [1.165, 1.54) is 32.1 Å². The van der Waals surface area contributed by atoms with Crippen LogP contribution in [0.1, 0.15) is 69.2 Å². The van der Waals surface area contributed by atoms with Gasteiger partial charge in [-0.1, -0.05) is 39.0 Å². The van der Waals surface area contributed by atoms with Gasteiger partial charge in [-0.05, 0) is 61.9 Å². The number of carbonyl (C=O) groups excluding carboxylic acids is 2. The highest BCUT2D eigenvalue weighted by Gasteiger charge is 2.33. The Balaban J connectivity index is 1.43. The van der Waals surface area contributed by atoms with Crippen molar-refractivity contribution in [2.45, 2.75) is 64.8 Å². The van der Waals surface area contributed by atoms with Crippen LogP contribution in [0.5, 0.6) is 11.5 Å². The van der Waals surface area contributed by atoms with Crippen LogP contribution in [0.3, 0.4) is 0 Å². The summed E-state index contributed by atoms with van der Waals surface area (Å²) in [5.41, 5.74) is 1.29. The highest BCUT2D eigenvalue weighted by atomic mass is 16.5. The minimum Gasteiger partial charge on any atom is -0.494 e. The molecule has 0 aliphatic carbocycles. The van der Waals surface area contributed by atoms with E-state index in [9.17, 15) is 9.59 Å². The minimum absolute atomic E-state index is 0.117. The lowest BCUT2D eigenvalue weighted by Gasteiger charge is -2.38. The maximum absolute atomic E-state index is 12.4. The van der Waals surface area contributed by atoms with Crippen LogP contribution in [0.15, 0.2) is 48.5 Å². The molecule has 0 saturated carbocycles. The molecule has 0 unspecified atom stereocenters. The number of rotatable bonds is 11. The van der Waals surface area contributed by atoms with Crippen LogP contribution in [0, 0.1) is 0 Å². The third-order valence-corrected chi connectivity index (χ3v) is 5.36. The zero-order valence-electron chi connectivity index (χ0n) is 17.9. The van der Waals surface area contributed by atoms with Crippen LogP contribution in [0.25, 0.3) is 0 Å². The molecule has 1 amide bonds. The lowest BCUT2D eigenvalue weighted by Crippen LogP contribution is -2.51. The number of carbonyl (C=O) groups is 2. The van der Waals surface area contributed by atoms with Crippen molar-refractivity contribution in [1.29, 1.82) is 0 Å². The van der Waals surface area contributed by atoms with Crippen molar-refractivity contribution in [2.75, 3.05) is 11.5 Å². The average molecular weight is 410 g/mol. The standard InChI is InChI=1S/C25H31NO4/c1-3-4-5-6-7-8-17-29-22-13-9-20(10-14-22)25(28)30-23-15-11-21(12-16-23)26-19(2)18-24(26)27/h9-16,19H,3-8,17-18H2,1-2H3/t19-/m0/s1. The summed E-state index contributed by atoms with van der Waals surface area (Å²) in [7, 11) is 0. The fourth-order valence-corrected chi connectivity index (χ4v) is 3.57. The molecular weight excluding hydrogens is 378 g/mol. The molecule has 1 fully saturated rings. The Morgan fingerprint density at radius 1 is 0.933 bits per heavy atom. The zero-order valence-corrected chi connectivity index (χ0v) is 17.9. The molecule has 0 N–H and O–H groups in total. The normalized spacial score (nSPS) is 15.6. The van der Waals surface area contributed by atoms with Crippen molar-refractivity contribution in [2.24, 2.45) is 0 Å². The smallest absolute Gasteiger partial charge is 0.343 e. The Kier molecular flexibility index (Phi) is 7.89. The lowest BCUT2D eigenvalue weighted by atomic mass is 10.0. The third kappa shape index (κ3) is 5.85. The molecule has 0 spiro atoms. The average Bonchev–Trinajstić information content (AvgIpc) is 2.74. The lowest BCUT2D eigenvalue weighted by molar-refractivity contribution is -0.123. The Morgan fingerprint density at radius 2 is 1.57 bits per heavy atom. The van der Waals surface area contributed by atoms with E-state index in [0.717, 1.165) is 17.9 Å². The topological polar surface area (TPSA) is 55.8 Å². The van der Waals surface area contributed by atoms with E-state index in [4.69, 9.17) is 9.47 Å². The number of amides is 1. The first kappa shape index (κ1) is 21.9. The summed E-state index contributed by atoms with van der Waals surface area (Å²) in [6, 6.07) is 14.3. The number of anilines is 1. The summed E-state index contributed by atoms with van der Waals surface area (Å²) in [6.07, 6.45) is 7.94. The molecule has 5 nitrogen and oxygen atoms in total. The Bertz CT molecular complexity index is 829. The number of hydrogen-bond donors (Lipinski definition) is 0. The number of nitrogens with zero attached hydrogens (tertiary/aromatic N) is 1. The summed E-state index contributed by atoms with van der Waals surface area (Å²) >= 11 is 0. The first-order chi connectivity index (χ1) is 14.6. The summed E-state index contributed by atoms with van der Waals surface area (Å²) in [5, 5.41) is 0. The number of ether oxygens (including phenoxy) is 2. The molecule has 2 aromatic carbocycles. The van der Waals surface area contributed by atoms with Gasteiger partial charge in [0.15, 0.2) is 0 Å². The van der Waals surface area contributed by atoms with E-state index >= 15 is 0 Å². The molecule has 1 aliphatic heterocycles. The first-order valence-electron chi connectivity index (χ1n) is 11.0. The molecule has 0 bridgehead atoms. The van der Waals surface area contributed by atoms with Crippen molar-refractivity contribution in [3.63, 3.8) is 0 Å². The van der Waals surface area contributed by atoms with Gasteiger partial charge in [-0.25, -0.2) is 4.79 Å². The van der Waals surface area contributed by atoms with Crippen LogP contribution in [-0.2, 0) is 4.79 Å². The fraction of sp³-hybridized carbons (Fsp3) is 0.440. The van der Waals surface area contributed by atoms with E-state index < -0.39 is 5.97 Å². The molecule has 30 heavy (non-hydrogen) atoms. The second-order valence-electron chi connectivity index (χ2n) is 7.84. The predicted molar refractivity (Wildman–Crippen MR) is 118 cm³/mol. The molecule has 0 radical (unpaired) electrons. The third-order valence-electron chi connectivity index (χ3n) is 5.36. The summed E-state index contributed by atoms with van der Waals surface area (Å²) in [6.45, 7) is 4.92. The van der Waals surface area contributed by atoms with Gasteiger partial charge in [0.25, 0.3) is 0 Å². The van der Waals surface area contributed by atoms with Crippen LogP contribution < -0.4 is 14.4 Å². The first-order valence-corrected chi connectivity index (χ1v) is 11.0. The SMILES string of the molecule is CCCCCCCCOc1ccc(C(=O)Oc2ccc(N3C(=O)C[C@@H]3C)cc2)cc1. The Hall–Kier alpha value is -2.82. The number of β-lactam (4-membered cyclic amide) rings is 1. The summed E-state index contributed by atoms with van der Waals surface area (Å²) in [5.74, 6) is 0.912. The molecule has 3 rings (SSSR count). The van der Waals surface area contributed by atoms with Crippen molar-refractivity contribution in [1.82, 2.24) is 0 Å². The van der Waals surface area contributed by atoms with Crippen LogP contribution in [0.4, 0.5) is 5.69 Å². The van der Waals surface area contributed by atoms with Crippen molar-refractivity contribution in [3.05, 3.63) is 54.1 Å². The van der Waals surface area contributed by atoms with Gasteiger partial charge in [0.1, 0.15) is 11.5 Å². The molecule has 1 atom stereocenters. The molecule has 1 heterocycles. The van der Waals surface area contributed by atoms with Gasteiger partial charge in [0.2, 0.25) is 5.91 Å². The van der Waals surface area contributed by atoms with Gasteiger partial charge in [0, 0.05) is 18.2 Å². The van der Waals surface area contributed by atoms with E-state index in [1.807, 2.05) is 6.92 Å². The molecule has 2 aromatic rings. The molecule has 160 valence electrons. The molecule has 1 saturated heterocycles. The Morgan fingerprint density at radius 3 is 2.20 bits per heavy atom. The van der Waals surface area contributed by atoms with Gasteiger partial charge >= 0.3 is 5.97 Å². The van der Waals surface area contributed by atoms with Crippen LogP contribution >= 0.6 is 0 Å². The zero-order chi connectivity index (χ0) is 21.3. The quantitative estimate of drug-likeness (QED) is 0.205. The van der Waals surface area contributed by atoms with E-state index in [1.54, 1.807) is 53.4 Å². The van der Waals surface area contributed by atoms with Crippen LogP contribution in [-0.4, -0.2) is 24.5 Å². The van der Waals surface area contributed by atoms with Gasteiger partial charge in [-0.2, -0.15) is 0 Å². The largest absolute Gasteiger partial charge is 0.494 e. The van der Waals surface area contributed by atoms with Crippen molar-refractivity contribution in [3.8, 4) is 11.5 Å². The predicted octanol–water partition coefficient (Wildman–Crippen LogP) is 5.77. The fourth-order valence-electron chi connectivity index (χ4n) is 3.57. The highest BCUT2D eigenvalue weighted by molar-refractivity contribution is 6.00. The molecule has 0 aromatic heterocycles. The maximum Gasteiger partial charge on any atom is 0.343 e. The van der Waals surface area contributed by atoms with Gasteiger partial charge in [-0.3, -0.25) is 4.79 Å². The maximum atomic E-state index is 12.4. The van der Waals surface area contributed by atoms with E-state index in [2.05, 4.69) is 6.92 Å². The van der Waals surface area contributed by atoms with Gasteiger partial charge < -0.3 is 14.4 Å². The molecular formula is C25H31NO4. The van der Waals surface area contributed by atoms with Crippen molar-refractivity contribution < 1.29 is 19.1 Å². The van der Waals surface area contributed by atoms with Crippen molar-refractivity contribution >= 4 is 17.6 Å². The molecule has 1 aliphatic rings. The van der Waals surface area contributed by atoms with E-state index in [0.29, 0.717) is 24.3 Å². The number of hydrogen-bond acceptors (Lipinski definition) is 4. The second-order valence-corrected chi connectivity index (χ2v) is 7.84. The number of benzene rings is 2. The highest BCUT2D eigenvalue weighted by Crippen LogP contribution is 2.29. The summed E-state index contributed by atoms with van der Waals surface area (Å²) < 4.78 is 11.2. The van der Waals surface area contributed by atoms with Gasteiger partial charge in [-0.15, -0.1) is 0 Å². The monoisotopic (exact) mass is 409 g/mol.